The molecule has 1 amide bonds. The van der Waals surface area contributed by atoms with E-state index in [4.69, 9.17) is 9.15 Å². The Bertz CT molecular complexity index is 919. The number of hydrogen-bond donors (Lipinski definition) is 1. The van der Waals surface area contributed by atoms with Crippen molar-refractivity contribution in [2.75, 3.05) is 13.2 Å². The summed E-state index contributed by atoms with van der Waals surface area (Å²) in [5.41, 5.74) is 2.75. The van der Waals surface area contributed by atoms with Crippen LogP contribution < -0.4 is 5.32 Å². The molecule has 0 saturated heterocycles. The monoisotopic (exact) mass is 386 g/mol. The van der Waals surface area contributed by atoms with Crippen LogP contribution in [0.15, 0.2) is 46.4 Å². The predicted molar refractivity (Wildman–Crippen MR) is 99.9 cm³/mol. The zero-order valence-corrected chi connectivity index (χ0v) is 15.4. The standard InChI is InChI=1S/C20H19FN2O3S/c21-15-3-1-14(2-4-15)20-23-16(12-26-20)5-8-22-18(24)11-17-19-13(6-9-25-17)7-10-27-19/h1-4,7,10,12,17H,5-6,8-9,11H2,(H,22,24)/t17-/m0/s1. The second-order valence-electron chi connectivity index (χ2n) is 6.37. The van der Waals surface area contributed by atoms with E-state index in [2.05, 4.69) is 16.4 Å². The third-order valence-electron chi connectivity index (χ3n) is 4.48. The smallest absolute Gasteiger partial charge is 0.226 e. The Kier molecular flexibility index (Phi) is 5.31. The first-order chi connectivity index (χ1) is 13.2. The number of benzene rings is 1. The molecule has 1 N–H and O–H groups in total. The summed E-state index contributed by atoms with van der Waals surface area (Å²) >= 11 is 1.65. The van der Waals surface area contributed by atoms with E-state index in [9.17, 15) is 9.18 Å². The minimum atomic E-state index is -0.301. The molecule has 0 unspecified atom stereocenters. The SMILES string of the molecule is O=C(C[C@@H]1OCCc2ccsc21)NCCc1coc(-c2ccc(F)cc2)n1. The summed E-state index contributed by atoms with van der Waals surface area (Å²) in [7, 11) is 0. The normalized spacial score (nSPS) is 16.1. The van der Waals surface area contributed by atoms with E-state index < -0.39 is 0 Å². The number of hydrogen-bond acceptors (Lipinski definition) is 5. The summed E-state index contributed by atoms with van der Waals surface area (Å²) in [6.07, 6.45) is 3.22. The molecule has 2 aromatic heterocycles. The second kappa shape index (κ2) is 8.02. The average molecular weight is 386 g/mol. The van der Waals surface area contributed by atoms with Gasteiger partial charge in [0, 0.05) is 23.4 Å². The first-order valence-electron chi connectivity index (χ1n) is 8.84. The number of nitrogens with one attached hydrogen (secondary N) is 1. The third-order valence-corrected chi connectivity index (χ3v) is 5.53. The largest absolute Gasteiger partial charge is 0.444 e. The van der Waals surface area contributed by atoms with Crippen LogP contribution >= 0.6 is 11.3 Å². The fourth-order valence-corrected chi connectivity index (χ4v) is 4.10. The van der Waals surface area contributed by atoms with E-state index in [1.807, 2.05) is 5.38 Å². The van der Waals surface area contributed by atoms with Crippen LogP contribution in [0.5, 0.6) is 0 Å². The van der Waals surface area contributed by atoms with Gasteiger partial charge in [0.1, 0.15) is 18.2 Å². The van der Waals surface area contributed by atoms with Gasteiger partial charge in [-0.25, -0.2) is 9.37 Å². The lowest BCUT2D eigenvalue weighted by molar-refractivity contribution is -0.124. The van der Waals surface area contributed by atoms with E-state index in [-0.39, 0.29) is 17.8 Å². The molecule has 0 bridgehead atoms. The molecule has 1 aromatic carbocycles. The van der Waals surface area contributed by atoms with Crippen molar-refractivity contribution in [3.63, 3.8) is 0 Å². The maximum atomic E-state index is 13.0. The quantitative estimate of drug-likeness (QED) is 0.698. The Balaban J connectivity index is 1.27. The summed E-state index contributed by atoms with van der Waals surface area (Å²) in [6, 6.07) is 8.08. The molecule has 4 rings (SSSR count). The van der Waals surface area contributed by atoms with Crippen LogP contribution in [-0.2, 0) is 22.4 Å². The van der Waals surface area contributed by atoms with E-state index >= 15 is 0 Å². The third kappa shape index (κ3) is 4.26. The highest BCUT2D eigenvalue weighted by Crippen LogP contribution is 2.33. The van der Waals surface area contributed by atoms with Gasteiger partial charge in [0.05, 0.1) is 18.7 Å². The van der Waals surface area contributed by atoms with Gasteiger partial charge in [-0.1, -0.05) is 0 Å². The van der Waals surface area contributed by atoms with Crippen LogP contribution in [-0.4, -0.2) is 24.0 Å². The molecule has 140 valence electrons. The van der Waals surface area contributed by atoms with Crippen LogP contribution in [0.3, 0.4) is 0 Å². The van der Waals surface area contributed by atoms with Crippen molar-refractivity contribution < 1.29 is 18.3 Å². The molecular formula is C20H19FN2O3S. The van der Waals surface area contributed by atoms with Crippen molar-refractivity contribution in [1.29, 1.82) is 0 Å². The molecule has 0 radical (unpaired) electrons. The molecule has 1 aliphatic rings. The van der Waals surface area contributed by atoms with Crippen LogP contribution in [0.25, 0.3) is 11.5 Å². The molecule has 5 nitrogen and oxygen atoms in total. The molecule has 1 aliphatic heterocycles. The first-order valence-corrected chi connectivity index (χ1v) is 9.72. The van der Waals surface area contributed by atoms with Crippen LogP contribution in [0, 0.1) is 5.82 Å². The second-order valence-corrected chi connectivity index (χ2v) is 7.32. The zero-order valence-electron chi connectivity index (χ0n) is 14.6. The number of oxazole rings is 1. The number of carbonyl (C=O) groups is 1. The van der Waals surface area contributed by atoms with E-state index in [1.165, 1.54) is 17.7 Å². The van der Waals surface area contributed by atoms with Crippen molar-refractivity contribution in [2.45, 2.75) is 25.4 Å². The zero-order chi connectivity index (χ0) is 18.6. The van der Waals surface area contributed by atoms with Crippen molar-refractivity contribution in [1.82, 2.24) is 10.3 Å². The lowest BCUT2D eigenvalue weighted by Gasteiger charge is -2.22. The van der Waals surface area contributed by atoms with Gasteiger partial charge in [-0.2, -0.15) is 0 Å². The molecule has 0 fully saturated rings. The minimum Gasteiger partial charge on any atom is -0.444 e. The van der Waals surface area contributed by atoms with Gasteiger partial charge in [0.25, 0.3) is 0 Å². The fraction of sp³-hybridized carbons (Fsp3) is 0.300. The van der Waals surface area contributed by atoms with Crippen molar-refractivity contribution >= 4 is 17.2 Å². The number of aromatic nitrogens is 1. The van der Waals surface area contributed by atoms with Gasteiger partial charge in [-0.15, -0.1) is 11.3 Å². The van der Waals surface area contributed by atoms with E-state index in [0.29, 0.717) is 37.4 Å². The Morgan fingerprint density at radius 1 is 1.30 bits per heavy atom. The van der Waals surface area contributed by atoms with Crippen molar-refractivity contribution in [2.24, 2.45) is 0 Å². The van der Waals surface area contributed by atoms with Gasteiger partial charge in [-0.05, 0) is 47.7 Å². The summed E-state index contributed by atoms with van der Waals surface area (Å²) in [6.45, 7) is 1.13. The lowest BCUT2D eigenvalue weighted by atomic mass is 10.1. The Morgan fingerprint density at radius 3 is 3.00 bits per heavy atom. The molecular weight excluding hydrogens is 367 g/mol. The van der Waals surface area contributed by atoms with Gasteiger partial charge in [-0.3, -0.25) is 4.79 Å². The number of thiophene rings is 1. The summed E-state index contributed by atoms with van der Waals surface area (Å²) in [5, 5.41) is 4.96. The number of amides is 1. The molecule has 3 aromatic rings. The Labute approximate surface area is 160 Å². The van der Waals surface area contributed by atoms with E-state index in [1.54, 1.807) is 29.7 Å². The van der Waals surface area contributed by atoms with Gasteiger partial charge in [0.15, 0.2) is 0 Å². The van der Waals surface area contributed by atoms with Crippen molar-refractivity contribution in [3.05, 3.63) is 63.9 Å². The Morgan fingerprint density at radius 2 is 2.15 bits per heavy atom. The summed E-state index contributed by atoms with van der Waals surface area (Å²) in [4.78, 5) is 17.8. The molecule has 7 heteroatoms. The number of nitrogens with zero attached hydrogens (tertiary/aromatic N) is 1. The molecule has 0 spiro atoms. The molecule has 27 heavy (non-hydrogen) atoms. The molecule has 3 heterocycles. The number of halogens is 1. The maximum Gasteiger partial charge on any atom is 0.226 e. The summed E-state index contributed by atoms with van der Waals surface area (Å²) < 4.78 is 24.2. The number of fused-ring (bicyclic) bond motifs is 1. The van der Waals surface area contributed by atoms with Crippen LogP contribution in [0.1, 0.15) is 28.7 Å². The lowest BCUT2D eigenvalue weighted by Crippen LogP contribution is -2.28. The molecule has 0 saturated carbocycles. The van der Waals surface area contributed by atoms with Crippen molar-refractivity contribution in [3.8, 4) is 11.5 Å². The van der Waals surface area contributed by atoms with Gasteiger partial charge in [0.2, 0.25) is 11.8 Å². The molecule has 0 aliphatic carbocycles. The average Bonchev–Trinajstić information content (AvgIpc) is 3.32. The fourth-order valence-electron chi connectivity index (χ4n) is 3.09. The van der Waals surface area contributed by atoms with Gasteiger partial charge >= 0.3 is 0 Å². The summed E-state index contributed by atoms with van der Waals surface area (Å²) in [5.74, 6) is 0.102. The number of ether oxygens (including phenoxy) is 1. The number of carbonyl (C=O) groups excluding carboxylic acids is 1. The first kappa shape index (κ1) is 17.9. The molecule has 1 atom stereocenters. The van der Waals surface area contributed by atoms with Crippen LogP contribution in [0.2, 0.25) is 0 Å². The van der Waals surface area contributed by atoms with Gasteiger partial charge < -0.3 is 14.5 Å². The highest BCUT2D eigenvalue weighted by Gasteiger charge is 2.24. The predicted octanol–water partition coefficient (Wildman–Crippen LogP) is 3.91. The Hall–Kier alpha value is -2.51. The van der Waals surface area contributed by atoms with E-state index in [0.717, 1.165) is 17.0 Å². The maximum absolute atomic E-state index is 13.0. The topological polar surface area (TPSA) is 64.4 Å². The highest BCUT2D eigenvalue weighted by molar-refractivity contribution is 7.10. The number of rotatable bonds is 6. The minimum absolute atomic E-state index is 0.0384. The highest BCUT2D eigenvalue weighted by atomic mass is 32.1. The van der Waals surface area contributed by atoms with Crippen LogP contribution in [0.4, 0.5) is 4.39 Å².